The number of ether oxygens (including phenoxy) is 1. The number of amides is 1. The molecule has 0 aliphatic carbocycles. The van der Waals surface area contributed by atoms with Crippen molar-refractivity contribution in [3.05, 3.63) is 89.7 Å². The number of Topliss-reactive ketones (excluding diaryl/α,β-unsaturated/α-hetero) is 1. The molecule has 2 heterocycles. The third-order valence-corrected chi connectivity index (χ3v) is 4.84. The number of halogens is 1. The number of benzene rings is 2. The number of ketones is 1. The smallest absolute Gasteiger partial charge is 0.298 e. The highest BCUT2D eigenvalue weighted by Gasteiger charge is 2.25. The Morgan fingerprint density at radius 1 is 0.966 bits per heavy atom. The highest BCUT2D eigenvalue weighted by atomic mass is 35.5. The van der Waals surface area contributed by atoms with Crippen LogP contribution in [0.2, 0.25) is 5.02 Å². The van der Waals surface area contributed by atoms with Crippen molar-refractivity contribution in [2.24, 2.45) is 0 Å². The van der Waals surface area contributed by atoms with Crippen molar-refractivity contribution in [1.82, 2.24) is 4.40 Å². The molecule has 144 valence electrons. The maximum absolute atomic E-state index is 13.1. The van der Waals surface area contributed by atoms with Gasteiger partial charge in [0.25, 0.3) is 11.7 Å². The Morgan fingerprint density at radius 3 is 2.52 bits per heavy atom. The second-order valence-corrected chi connectivity index (χ2v) is 6.86. The first-order valence-corrected chi connectivity index (χ1v) is 9.30. The molecule has 0 aliphatic rings. The summed E-state index contributed by atoms with van der Waals surface area (Å²) in [5.41, 5.74) is 3.06. The molecule has 0 spiro atoms. The lowest BCUT2D eigenvalue weighted by molar-refractivity contribution is -0.112. The standard InChI is InChI=1S/C23H17ClN2O3/c1-29-19-7-4-5-17(13-19)25-23(28)22(27)21-20(15-8-10-16(24)11-9-15)14-18-6-2-3-12-26(18)21/h2-14H,1H3,(H,25,28). The Labute approximate surface area is 172 Å². The number of pyridine rings is 1. The highest BCUT2D eigenvalue weighted by molar-refractivity contribution is 6.47. The number of carbonyl (C=O) groups is 2. The fourth-order valence-electron chi connectivity index (χ4n) is 3.20. The molecule has 0 aliphatic heterocycles. The zero-order valence-electron chi connectivity index (χ0n) is 15.6. The fraction of sp³-hybridized carbons (Fsp3) is 0.0435. The van der Waals surface area contributed by atoms with Gasteiger partial charge in [-0.15, -0.1) is 0 Å². The van der Waals surface area contributed by atoms with Gasteiger partial charge < -0.3 is 14.5 Å². The number of rotatable bonds is 5. The molecule has 0 bridgehead atoms. The Kier molecular flexibility index (Phi) is 5.06. The van der Waals surface area contributed by atoms with E-state index in [0.29, 0.717) is 27.7 Å². The van der Waals surface area contributed by atoms with E-state index in [4.69, 9.17) is 16.3 Å². The summed E-state index contributed by atoms with van der Waals surface area (Å²) in [6, 6.07) is 21.5. The van der Waals surface area contributed by atoms with E-state index in [0.717, 1.165) is 11.1 Å². The number of hydrogen-bond acceptors (Lipinski definition) is 3. The van der Waals surface area contributed by atoms with Crippen molar-refractivity contribution in [3.63, 3.8) is 0 Å². The first-order chi connectivity index (χ1) is 14.1. The fourth-order valence-corrected chi connectivity index (χ4v) is 3.33. The van der Waals surface area contributed by atoms with Gasteiger partial charge in [0.05, 0.1) is 7.11 Å². The van der Waals surface area contributed by atoms with Gasteiger partial charge in [-0.1, -0.05) is 35.9 Å². The molecule has 0 atom stereocenters. The molecule has 0 saturated carbocycles. The molecule has 5 nitrogen and oxygen atoms in total. The lowest BCUT2D eigenvalue weighted by atomic mass is 10.0. The predicted octanol–water partition coefficient (Wildman–Crippen LogP) is 5.09. The van der Waals surface area contributed by atoms with E-state index in [9.17, 15) is 9.59 Å². The lowest BCUT2D eigenvalue weighted by Crippen LogP contribution is -2.24. The van der Waals surface area contributed by atoms with Crippen molar-refractivity contribution in [2.45, 2.75) is 0 Å². The minimum absolute atomic E-state index is 0.295. The van der Waals surface area contributed by atoms with Crippen molar-refractivity contribution in [3.8, 4) is 16.9 Å². The largest absolute Gasteiger partial charge is 0.497 e. The number of carbonyl (C=O) groups excluding carboxylic acids is 2. The molecule has 0 radical (unpaired) electrons. The minimum Gasteiger partial charge on any atom is -0.497 e. The summed E-state index contributed by atoms with van der Waals surface area (Å²) in [5.74, 6) is -0.772. The van der Waals surface area contributed by atoms with E-state index < -0.39 is 11.7 Å². The van der Waals surface area contributed by atoms with E-state index in [1.165, 1.54) is 7.11 Å². The van der Waals surface area contributed by atoms with E-state index >= 15 is 0 Å². The minimum atomic E-state index is -0.725. The van der Waals surface area contributed by atoms with E-state index in [1.54, 1.807) is 47.0 Å². The zero-order valence-corrected chi connectivity index (χ0v) is 16.3. The first-order valence-electron chi connectivity index (χ1n) is 8.92. The molecular formula is C23H17ClN2O3. The molecule has 0 saturated heterocycles. The van der Waals surface area contributed by atoms with Crippen LogP contribution in [0, 0.1) is 0 Å². The van der Waals surface area contributed by atoms with Crippen LogP contribution >= 0.6 is 11.6 Å². The maximum atomic E-state index is 13.1. The summed E-state index contributed by atoms with van der Waals surface area (Å²) < 4.78 is 6.88. The Bertz CT molecular complexity index is 1210. The van der Waals surface area contributed by atoms with Crippen LogP contribution in [0.5, 0.6) is 5.75 Å². The quantitative estimate of drug-likeness (QED) is 0.372. The Hall–Kier alpha value is -3.57. The van der Waals surface area contributed by atoms with Gasteiger partial charge in [-0.25, -0.2) is 0 Å². The number of aromatic nitrogens is 1. The molecule has 2 aromatic heterocycles. The lowest BCUT2D eigenvalue weighted by Gasteiger charge is -2.09. The second-order valence-electron chi connectivity index (χ2n) is 6.42. The van der Waals surface area contributed by atoms with Crippen molar-refractivity contribution < 1.29 is 14.3 Å². The zero-order chi connectivity index (χ0) is 20.4. The third-order valence-electron chi connectivity index (χ3n) is 4.58. The van der Waals surface area contributed by atoms with Crippen LogP contribution in [-0.4, -0.2) is 23.2 Å². The molecule has 29 heavy (non-hydrogen) atoms. The molecule has 4 aromatic rings. The van der Waals surface area contributed by atoms with Gasteiger partial charge in [-0.05, 0) is 48.0 Å². The van der Waals surface area contributed by atoms with Crippen molar-refractivity contribution in [2.75, 3.05) is 12.4 Å². The molecule has 0 fully saturated rings. The number of methoxy groups -OCH3 is 1. The van der Waals surface area contributed by atoms with Gasteiger partial charge in [-0.2, -0.15) is 0 Å². The van der Waals surface area contributed by atoms with Crippen molar-refractivity contribution in [1.29, 1.82) is 0 Å². The van der Waals surface area contributed by atoms with Crippen molar-refractivity contribution >= 4 is 34.5 Å². The van der Waals surface area contributed by atoms with E-state index in [2.05, 4.69) is 5.32 Å². The summed E-state index contributed by atoms with van der Waals surface area (Å²) in [6.45, 7) is 0. The number of nitrogens with one attached hydrogen (secondary N) is 1. The van der Waals surface area contributed by atoms with Crippen LogP contribution in [0.15, 0.2) is 79.0 Å². The van der Waals surface area contributed by atoms with E-state index in [-0.39, 0.29) is 0 Å². The van der Waals surface area contributed by atoms with Gasteiger partial charge in [0.1, 0.15) is 11.4 Å². The normalized spacial score (nSPS) is 10.7. The number of fused-ring (bicyclic) bond motifs is 1. The van der Waals surface area contributed by atoms with Crippen LogP contribution in [0.25, 0.3) is 16.6 Å². The van der Waals surface area contributed by atoms with Gasteiger partial charge in [0.15, 0.2) is 0 Å². The monoisotopic (exact) mass is 404 g/mol. The predicted molar refractivity (Wildman–Crippen MR) is 114 cm³/mol. The average molecular weight is 405 g/mol. The van der Waals surface area contributed by atoms with Crippen LogP contribution < -0.4 is 10.1 Å². The summed E-state index contributed by atoms with van der Waals surface area (Å²) >= 11 is 6.00. The molecule has 6 heteroatoms. The second kappa shape index (κ2) is 7.81. The Morgan fingerprint density at radius 2 is 1.76 bits per heavy atom. The van der Waals surface area contributed by atoms with E-state index in [1.807, 2.05) is 36.4 Å². The molecule has 2 aromatic carbocycles. The third kappa shape index (κ3) is 3.73. The summed E-state index contributed by atoms with van der Waals surface area (Å²) in [4.78, 5) is 25.9. The molecule has 0 unspecified atom stereocenters. The molecule has 1 N–H and O–H groups in total. The topological polar surface area (TPSA) is 59.8 Å². The van der Waals surface area contributed by atoms with Crippen LogP contribution in [0.1, 0.15) is 10.5 Å². The van der Waals surface area contributed by atoms with Crippen LogP contribution in [0.3, 0.4) is 0 Å². The highest BCUT2D eigenvalue weighted by Crippen LogP contribution is 2.29. The van der Waals surface area contributed by atoms with Crippen LogP contribution in [-0.2, 0) is 4.79 Å². The van der Waals surface area contributed by atoms with Crippen LogP contribution in [0.4, 0.5) is 5.69 Å². The number of nitrogens with zero attached hydrogens (tertiary/aromatic N) is 1. The summed E-state index contributed by atoms with van der Waals surface area (Å²) in [5, 5.41) is 3.25. The molecule has 1 amide bonds. The number of anilines is 1. The average Bonchev–Trinajstić information content (AvgIpc) is 3.13. The number of hydrogen-bond donors (Lipinski definition) is 1. The molecular weight excluding hydrogens is 388 g/mol. The Balaban J connectivity index is 1.75. The SMILES string of the molecule is COc1cccc(NC(=O)C(=O)c2c(-c3ccc(Cl)cc3)cc3ccccn23)c1. The van der Waals surface area contributed by atoms with Gasteiger partial charge in [0, 0.05) is 34.1 Å². The molecule has 4 rings (SSSR count). The first kappa shape index (κ1) is 18.8. The van der Waals surface area contributed by atoms with Gasteiger partial charge >= 0.3 is 0 Å². The van der Waals surface area contributed by atoms with Gasteiger partial charge in [-0.3, -0.25) is 9.59 Å². The van der Waals surface area contributed by atoms with Gasteiger partial charge in [0.2, 0.25) is 0 Å². The summed E-state index contributed by atoms with van der Waals surface area (Å²) in [7, 11) is 1.54. The maximum Gasteiger partial charge on any atom is 0.298 e. The summed E-state index contributed by atoms with van der Waals surface area (Å²) in [6.07, 6.45) is 1.76.